The Morgan fingerprint density at radius 1 is 1.50 bits per heavy atom. The molecule has 0 spiro atoms. The van der Waals surface area contributed by atoms with Crippen LogP contribution in [0.1, 0.15) is 0 Å². The molecule has 0 aliphatic carbocycles. The number of nitrogen functional groups attached to an aromatic ring is 1. The first-order chi connectivity index (χ1) is 7.61. The van der Waals surface area contributed by atoms with Crippen LogP contribution < -0.4 is 10.5 Å². The highest BCUT2D eigenvalue weighted by Crippen LogP contribution is 2.37. The Balaban J connectivity index is 2.48. The molecule has 0 amide bonds. The van der Waals surface area contributed by atoms with Crippen LogP contribution in [0.5, 0.6) is 5.75 Å². The molecule has 1 aromatic carbocycles. The van der Waals surface area contributed by atoms with Gasteiger partial charge in [-0.25, -0.2) is 4.98 Å². The minimum Gasteiger partial charge on any atom is -0.497 e. The van der Waals surface area contributed by atoms with Gasteiger partial charge in [-0.2, -0.15) is 0 Å². The summed E-state index contributed by atoms with van der Waals surface area (Å²) in [6.07, 6.45) is 0. The summed E-state index contributed by atoms with van der Waals surface area (Å²) in [6, 6.07) is 5.46. The van der Waals surface area contributed by atoms with Gasteiger partial charge < -0.3 is 10.5 Å². The Kier molecular flexibility index (Phi) is 3.37. The fourth-order valence-corrected chi connectivity index (χ4v) is 2.84. The van der Waals surface area contributed by atoms with E-state index in [0.717, 1.165) is 20.1 Å². The van der Waals surface area contributed by atoms with Crippen LogP contribution in [0.25, 0.3) is 10.6 Å². The predicted molar refractivity (Wildman–Crippen MR) is 71.2 cm³/mol. The predicted octanol–water partition coefficient (Wildman–Crippen LogP) is 3.82. The van der Waals surface area contributed by atoms with Crippen molar-refractivity contribution in [2.24, 2.45) is 0 Å². The number of nitrogens with two attached hydrogens (primary N) is 1. The van der Waals surface area contributed by atoms with Crippen molar-refractivity contribution in [3.63, 3.8) is 0 Å². The van der Waals surface area contributed by atoms with E-state index in [9.17, 15) is 0 Å². The third-order valence-corrected chi connectivity index (χ3v) is 4.11. The third kappa shape index (κ3) is 2.16. The van der Waals surface area contributed by atoms with E-state index in [1.165, 1.54) is 11.3 Å². The van der Waals surface area contributed by atoms with Crippen molar-refractivity contribution in [1.82, 2.24) is 4.98 Å². The zero-order valence-electron chi connectivity index (χ0n) is 8.33. The molecule has 0 radical (unpaired) electrons. The lowest BCUT2D eigenvalue weighted by Crippen LogP contribution is -1.86. The molecule has 0 bridgehead atoms. The summed E-state index contributed by atoms with van der Waals surface area (Å²) in [5, 5.41) is 1.39. The summed E-state index contributed by atoms with van der Waals surface area (Å²) in [7, 11) is 1.60. The van der Waals surface area contributed by atoms with E-state index < -0.39 is 0 Å². The van der Waals surface area contributed by atoms with Gasteiger partial charge in [-0.15, -0.1) is 11.3 Å². The first-order valence-corrected chi connectivity index (χ1v) is 6.36. The molecule has 16 heavy (non-hydrogen) atoms. The van der Waals surface area contributed by atoms with E-state index in [1.807, 2.05) is 12.1 Å². The summed E-state index contributed by atoms with van der Waals surface area (Å²) in [5.74, 6) is 1.20. The quantitative estimate of drug-likeness (QED) is 0.915. The molecular weight excluding hydrogens is 312 g/mol. The maximum absolute atomic E-state index is 6.13. The fraction of sp³-hybridized carbons (Fsp3) is 0.100. The van der Waals surface area contributed by atoms with E-state index in [1.54, 1.807) is 13.2 Å². The molecule has 2 aromatic rings. The van der Waals surface area contributed by atoms with Gasteiger partial charge in [0.15, 0.2) is 0 Å². The number of methoxy groups -OCH3 is 1. The van der Waals surface area contributed by atoms with Gasteiger partial charge in [-0.1, -0.05) is 11.6 Å². The highest BCUT2D eigenvalue weighted by Gasteiger charge is 2.11. The topological polar surface area (TPSA) is 48.1 Å². The second kappa shape index (κ2) is 4.61. The SMILES string of the molecule is COc1ccc(-c2nc(N)c(Br)s2)c(Cl)c1. The molecule has 0 aliphatic heterocycles. The summed E-state index contributed by atoms with van der Waals surface area (Å²) >= 11 is 10.9. The van der Waals surface area contributed by atoms with Gasteiger partial charge in [0.1, 0.15) is 20.4 Å². The molecule has 1 aromatic heterocycles. The Bertz CT molecular complexity index is 510. The van der Waals surface area contributed by atoms with Crippen molar-refractivity contribution in [1.29, 1.82) is 0 Å². The van der Waals surface area contributed by atoms with Gasteiger partial charge in [0.2, 0.25) is 0 Å². The minimum absolute atomic E-state index is 0.479. The average Bonchev–Trinajstić information content (AvgIpc) is 2.58. The molecule has 0 aliphatic rings. The van der Waals surface area contributed by atoms with E-state index in [-0.39, 0.29) is 0 Å². The van der Waals surface area contributed by atoms with E-state index in [4.69, 9.17) is 22.1 Å². The van der Waals surface area contributed by atoms with Gasteiger partial charge in [0.05, 0.1) is 12.1 Å². The zero-order valence-corrected chi connectivity index (χ0v) is 11.5. The van der Waals surface area contributed by atoms with Crippen molar-refractivity contribution in [3.8, 4) is 16.3 Å². The average molecular weight is 320 g/mol. The summed E-state index contributed by atoms with van der Waals surface area (Å²) in [6.45, 7) is 0. The van der Waals surface area contributed by atoms with Crippen LogP contribution in [-0.2, 0) is 0 Å². The molecule has 0 saturated carbocycles. The first kappa shape index (κ1) is 11.7. The molecule has 84 valence electrons. The Morgan fingerprint density at radius 2 is 2.25 bits per heavy atom. The standard InChI is InChI=1S/C10H8BrClN2OS/c1-15-5-2-3-6(7(12)4-5)10-14-9(13)8(11)16-10/h2-4H,13H2,1H3. The molecule has 0 atom stereocenters. The number of aromatic nitrogens is 1. The first-order valence-electron chi connectivity index (χ1n) is 4.37. The number of ether oxygens (including phenoxy) is 1. The molecule has 0 fully saturated rings. The van der Waals surface area contributed by atoms with Gasteiger partial charge in [0, 0.05) is 5.56 Å². The molecule has 2 N–H and O–H groups in total. The van der Waals surface area contributed by atoms with Crippen LogP contribution in [0.3, 0.4) is 0 Å². The molecule has 0 unspecified atom stereocenters. The van der Waals surface area contributed by atoms with Gasteiger partial charge in [0.25, 0.3) is 0 Å². The second-order valence-electron chi connectivity index (χ2n) is 3.02. The third-order valence-electron chi connectivity index (χ3n) is 2.02. The molecule has 6 heteroatoms. The normalized spacial score (nSPS) is 10.4. The van der Waals surface area contributed by atoms with Crippen LogP contribution in [0, 0.1) is 0 Å². The summed E-state index contributed by atoms with van der Waals surface area (Å²) in [4.78, 5) is 4.22. The lowest BCUT2D eigenvalue weighted by molar-refractivity contribution is 0.415. The maximum atomic E-state index is 6.13. The van der Waals surface area contributed by atoms with Crippen LogP contribution in [0.2, 0.25) is 5.02 Å². The largest absolute Gasteiger partial charge is 0.497 e. The van der Waals surface area contributed by atoms with Crippen molar-refractivity contribution >= 4 is 44.7 Å². The fourth-order valence-electron chi connectivity index (χ4n) is 1.22. The van der Waals surface area contributed by atoms with Crippen LogP contribution in [0.4, 0.5) is 5.82 Å². The smallest absolute Gasteiger partial charge is 0.149 e. The van der Waals surface area contributed by atoms with Gasteiger partial charge >= 0.3 is 0 Å². The van der Waals surface area contributed by atoms with E-state index >= 15 is 0 Å². The summed E-state index contributed by atoms with van der Waals surface area (Å²) in [5.41, 5.74) is 6.52. The number of thiazole rings is 1. The second-order valence-corrected chi connectivity index (χ2v) is 5.75. The summed E-state index contributed by atoms with van der Waals surface area (Å²) < 4.78 is 5.89. The van der Waals surface area contributed by atoms with E-state index in [0.29, 0.717) is 10.8 Å². The highest BCUT2D eigenvalue weighted by atomic mass is 79.9. The molecule has 1 heterocycles. The number of rotatable bonds is 2. The Hall–Kier alpha value is -0.780. The number of benzene rings is 1. The van der Waals surface area contributed by atoms with Gasteiger partial charge in [-0.05, 0) is 34.1 Å². The monoisotopic (exact) mass is 318 g/mol. The minimum atomic E-state index is 0.479. The lowest BCUT2D eigenvalue weighted by atomic mass is 10.2. The Morgan fingerprint density at radius 3 is 2.75 bits per heavy atom. The van der Waals surface area contributed by atoms with Crippen LogP contribution >= 0.6 is 38.9 Å². The van der Waals surface area contributed by atoms with E-state index in [2.05, 4.69) is 20.9 Å². The van der Waals surface area contributed by atoms with Gasteiger partial charge in [-0.3, -0.25) is 0 Å². The molecule has 0 saturated heterocycles. The zero-order chi connectivity index (χ0) is 11.7. The van der Waals surface area contributed by atoms with Crippen molar-refractivity contribution in [3.05, 3.63) is 27.0 Å². The highest BCUT2D eigenvalue weighted by molar-refractivity contribution is 9.11. The van der Waals surface area contributed by atoms with Crippen molar-refractivity contribution in [2.75, 3.05) is 12.8 Å². The maximum Gasteiger partial charge on any atom is 0.149 e. The van der Waals surface area contributed by atoms with Crippen LogP contribution in [-0.4, -0.2) is 12.1 Å². The molecular formula is C10H8BrClN2OS. The number of nitrogens with zero attached hydrogens (tertiary/aromatic N) is 1. The molecule has 2 rings (SSSR count). The van der Waals surface area contributed by atoms with Crippen molar-refractivity contribution in [2.45, 2.75) is 0 Å². The molecule has 3 nitrogen and oxygen atoms in total. The number of hydrogen-bond donors (Lipinski definition) is 1. The lowest BCUT2D eigenvalue weighted by Gasteiger charge is -2.03. The number of hydrogen-bond acceptors (Lipinski definition) is 4. The van der Waals surface area contributed by atoms with Crippen LogP contribution in [0.15, 0.2) is 22.0 Å². The number of anilines is 1. The number of halogens is 2. The van der Waals surface area contributed by atoms with Crippen molar-refractivity contribution < 1.29 is 4.74 Å². The Labute approximate surface area is 110 Å².